The van der Waals surface area contributed by atoms with Crippen molar-refractivity contribution in [1.29, 1.82) is 0 Å². The molecule has 1 saturated heterocycles. The number of nitrogens with one attached hydrogen (secondary N) is 1. The smallest absolute Gasteiger partial charge is 0.239 e. The van der Waals surface area contributed by atoms with E-state index in [1.54, 1.807) is 18.4 Å². The number of amidine groups is 1. The molecule has 3 rings (SSSR count). The summed E-state index contributed by atoms with van der Waals surface area (Å²) in [5, 5.41) is 11.0. The first kappa shape index (κ1) is 14.6. The lowest BCUT2D eigenvalue weighted by molar-refractivity contribution is -0.118. The van der Waals surface area contributed by atoms with Crippen molar-refractivity contribution in [2.24, 2.45) is 10.2 Å². The maximum atomic E-state index is 12.0. The van der Waals surface area contributed by atoms with E-state index in [1.807, 2.05) is 18.2 Å². The monoisotopic (exact) mass is 313 g/mol. The number of nitrogens with zero attached hydrogens (tertiary/aromatic N) is 2. The predicted molar refractivity (Wildman–Crippen MR) is 88.1 cm³/mol. The van der Waals surface area contributed by atoms with E-state index < -0.39 is 0 Å². The van der Waals surface area contributed by atoms with Crippen molar-refractivity contribution in [1.82, 2.24) is 5.32 Å². The van der Waals surface area contributed by atoms with E-state index in [-0.39, 0.29) is 11.2 Å². The van der Waals surface area contributed by atoms with E-state index in [9.17, 15) is 4.79 Å². The Kier molecular flexibility index (Phi) is 4.39. The van der Waals surface area contributed by atoms with Gasteiger partial charge < -0.3 is 9.73 Å². The van der Waals surface area contributed by atoms with Gasteiger partial charge in [0.1, 0.15) is 5.76 Å². The predicted octanol–water partition coefficient (Wildman–Crippen LogP) is 2.75. The summed E-state index contributed by atoms with van der Waals surface area (Å²) in [6.07, 6.45) is 3.76. The topological polar surface area (TPSA) is 67.0 Å². The summed E-state index contributed by atoms with van der Waals surface area (Å²) < 4.78 is 5.12. The Hall–Kier alpha value is -2.34. The van der Waals surface area contributed by atoms with Crippen LogP contribution in [0.15, 0.2) is 57.3 Å². The van der Waals surface area contributed by atoms with Gasteiger partial charge >= 0.3 is 0 Å². The molecule has 1 aromatic carbocycles. The van der Waals surface area contributed by atoms with Gasteiger partial charge in [-0.3, -0.25) is 4.79 Å². The number of furan rings is 1. The molecule has 1 aromatic heterocycles. The minimum absolute atomic E-state index is 0.0276. The molecule has 0 bridgehead atoms. The minimum atomic E-state index is -0.168. The number of hydrogen-bond acceptors (Lipinski definition) is 5. The number of carbonyl (C=O) groups is 1. The van der Waals surface area contributed by atoms with Crippen LogP contribution in [0, 0.1) is 6.92 Å². The number of thioether (sulfide) groups is 1. The van der Waals surface area contributed by atoms with Gasteiger partial charge in [0, 0.05) is 0 Å². The van der Waals surface area contributed by atoms with Gasteiger partial charge in [0.05, 0.1) is 17.7 Å². The first-order chi connectivity index (χ1) is 10.7. The summed E-state index contributed by atoms with van der Waals surface area (Å²) in [6.45, 7) is 2.05. The van der Waals surface area contributed by atoms with Gasteiger partial charge in [0.15, 0.2) is 5.17 Å². The number of aryl methyl sites for hydroxylation is 1. The number of benzene rings is 1. The second-order valence-electron chi connectivity index (χ2n) is 4.89. The molecule has 1 amide bonds. The third-order valence-electron chi connectivity index (χ3n) is 3.32. The maximum absolute atomic E-state index is 12.0. The zero-order chi connectivity index (χ0) is 15.4. The molecule has 1 aliphatic heterocycles. The van der Waals surface area contributed by atoms with Crippen molar-refractivity contribution in [3.63, 3.8) is 0 Å². The zero-order valence-electron chi connectivity index (χ0n) is 12.0. The lowest BCUT2D eigenvalue weighted by atomic mass is 10.0. The Bertz CT molecular complexity index is 723. The Morgan fingerprint density at radius 3 is 2.95 bits per heavy atom. The summed E-state index contributed by atoms with van der Waals surface area (Å²) in [4.78, 5) is 12.0. The van der Waals surface area contributed by atoms with Gasteiger partial charge in [0.25, 0.3) is 0 Å². The minimum Gasteiger partial charge on any atom is -0.463 e. The van der Waals surface area contributed by atoms with E-state index in [0.29, 0.717) is 17.3 Å². The van der Waals surface area contributed by atoms with Crippen LogP contribution in [0.2, 0.25) is 0 Å². The van der Waals surface area contributed by atoms with Crippen molar-refractivity contribution in [3.05, 3.63) is 59.5 Å². The van der Waals surface area contributed by atoms with Crippen LogP contribution in [-0.4, -0.2) is 22.5 Å². The summed E-state index contributed by atoms with van der Waals surface area (Å²) in [5.74, 6) is 0.593. The van der Waals surface area contributed by atoms with Crippen molar-refractivity contribution in [2.75, 3.05) is 0 Å². The Morgan fingerprint density at radius 1 is 1.32 bits per heavy atom. The molecule has 0 spiro atoms. The largest absolute Gasteiger partial charge is 0.463 e. The number of amides is 1. The summed E-state index contributed by atoms with van der Waals surface area (Å²) in [5.41, 5.74) is 2.37. The Balaban J connectivity index is 1.64. The molecule has 2 heterocycles. The third kappa shape index (κ3) is 3.46. The summed E-state index contributed by atoms with van der Waals surface area (Å²) in [6, 6.07) is 11.6. The maximum Gasteiger partial charge on any atom is 0.239 e. The van der Waals surface area contributed by atoms with Crippen LogP contribution in [-0.2, 0) is 11.2 Å². The lowest BCUT2D eigenvalue weighted by Gasteiger charge is -2.07. The fraction of sp³-hybridized carbons (Fsp3) is 0.188. The number of carbonyl (C=O) groups excluding carboxylic acids is 1. The fourth-order valence-electron chi connectivity index (χ4n) is 2.13. The standard InChI is InChI=1S/C16H15N3O2S/c1-11-5-2-3-6-12(11)9-14-15(20)18-16(22-14)19-17-10-13-7-4-8-21-13/h2-8,10,14H,9H2,1H3,(H,18,19,20)/b17-10-. The van der Waals surface area contributed by atoms with Gasteiger partial charge in [-0.05, 0) is 36.6 Å². The van der Waals surface area contributed by atoms with Crippen LogP contribution >= 0.6 is 11.8 Å². The second kappa shape index (κ2) is 6.62. The Morgan fingerprint density at radius 2 is 2.18 bits per heavy atom. The van der Waals surface area contributed by atoms with Crippen molar-refractivity contribution in [2.45, 2.75) is 18.6 Å². The third-order valence-corrected chi connectivity index (χ3v) is 4.39. The molecule has 2 aromatic rings. The first-order valence-electron chi connectivity index (χ1n) is 6.89. The molecule has 1 fully saturated rings. The molecular weight excluding hydrogens is 298 g/mol. The van der Waals surface area contributed by atoms with E-state index in [2.05, 4.69) is 28.5 Å². The van der Waals surface area contributed by atoms with Gasteiger partial charge in [-0.1, -0.05) is 36.0 Å². The fourth-order valence-corrected chi connectivity index (χ4v) is 3.08. The molecule has 6 heteroatoms. The highest BCUT2D eigenvalue weighted by Crippen LogP contribution is 2.24. The number of rotatable bonds is 4. The molecule has 112 valence electrons. The van der Waals surface area contributed by atoms with Crippen LogP contribution in [0.3, 0.4) is 0 Å². The van der Waals surface area contributed by atoms with Crippen LogP contribution in [0.5, 0.6) is 0 Å². The summed E-state index contributed by atoms with van der Waals surface area (Å²) >= 11 is 1.40. The number of hydrogen-bond donors (Lipinski definition) is 1. The SMILES string of the molecule is Cc1ccccc1CC1S/C(=N/N=C\c2ccco2)NC1=O. The molecule has 0 aliphatic carbocycles. The van der Waals surface area contributed by atoms with Crippen LogP contribution in [0.25, 0.3) is 0 Å². The van der Waals surface area contributed by atoms with E-state index in [0.717, 1.165) is 0 Å². The highest BCUT2D eigenvalue weighted by Gasteiger charge is 2.30. The molecule has 1 unspecified atom stereocenters. The zero-order valence-corrected chi connectivity index (χ0v) is 12.8. The van der Waals surface area contributed by atoms with Crippen LogP contribution < -0.4 is 5.32 Å². The van der Waals surface area contributed by atoms with E-state index >= 15 is 0 Å². The molecule has 5 nitrogen and oxygen atoms in total. The van der Waals surface area contributed by atoms with Gasteiger partial charge in [-0.2, -0.15) is 5.10 Å². The van der Waals surface area contributed by atoms with Gasteiger partial charge in [-0.15, -0.1) is 5.10 Å². The van der Waals surface area contributed by atoms with Crippen LogP contribution in [0.1, 0.15) is 16.9 Å². The van der Waals surface area contributed by atoms with Gasteiger partial charge in [-0.25, -0.2) is 0 Å². The highest BCUT2D eigenvalue weighted by atomic mass is 32.2. The normalized spacial score (nSPS) is 20.0. The van der Waals surface area contributed by atoms with Crippen molar-refractivity contribution < 1.29 is 9.21 Å². The average Bonchev–Trinajstić information content (AvgIpc) is 3.12. The summed E-state index contributed by atoms with van der Waals surface area (Å²) in [7, 11) is 0. The average molecular weight is 313 g/mol. The molecule has 22 heavy (non-hydrogen) atoms. The molecule has 0 saturated carbocycles. The van der Waals surface area contributed by atoms with Crippen molar-refractivity contribution in [3.8, 4) is 0 Å². The second-order valence-corrected chi connectivity index (χ2v) is 6.08. The van der Waals surface area contributed by atoms with E-state index in [1.165, 1.54) is 29.1 Å². The lowest BCUT2D eigenvalue weighted by Crippen LogP contribution is -2.26. The van der Waals surface area contributed by atoms with Crippen molar-refractivity contribution >= 4 is 29.1 Å². The van der Waals surface area contributed by atoms with E-state index in [4.69, 9.17) is 4.42 Å². The quantitative estimate of drug-likeness (QED) is 0.697. The van der Waals surface area contributed by atoms with Gasteiger partial charge in [0.2, 0.25) is 5.91 Å². The Labute approximate surface area is 132 Å². The highest BCUT2D eigenvalue weighted by molar-refractivity contribution is 8.15. The first-order valence-corrected chi connectivity index (χ1v) is 7.77. The van der Waals surface area contributed by atoms with Crippen LogP contribution in [0.4, 0.5) is 0 Å². The molecule has 0 radical (unpaired) electrons. The molecule has 1 N–H and O–H groups in total. The molecule has 1 aliphatic rings. The molecule has 1 atom stereocenters. The molecular formula is C16H15N3O2S.